The molecule has 1 amide bonds. The van der Waals surface area contributed by atoms with Gasteiger partial charge in [-0.25, -0.2) is 0 Å². The molecule has 0 radical (unpaired) electrons. The van der Waals surface area contributed by atoms with E-state index >= 15 is 0 Å². The summed E-state index contributed by atoms with van der Waals surface area (Å²) in [6, 6.07) is 16.6. The fourth-order valence-electron chi connectivity index (χ4n) is 2.50. The third-order valence-electron chi connectivity index (χ3n) is 3.82. The molecule has 0 saturated heterocycles. The quantitative estimate of drug-likeness (QED) is 0.453. The number of nitrogens with one attached hydrogen (secondary N) is 1. The second kappa shape index (κ2) is 7.94. The van der Waals surface area contributed by atoms with Gasteiger partial charge >= 0.3 is 10.1 Å². The number of rotatable bonds is 6. The fourth-order valence-corrected chi connectivity index (χ4v) is 4.17. The molecule has 0 aliphatic heterocycles. The highest BCUT2D eigenvalue weighted by Crippen LogP contribution is 2.34. The van der Waals surface area contributed by atoms with Gasteiger partial charge in [-0.05, 0) is 51.0 Å². The summed E-state index contributed by atoms with van der Waals surface area (Å²) < 4.78 is 31.2. The van der Waals surface area contributed by atoms with Crippen LogP contribution in [0.25, 0.3) is 10.8 Å². The summed E-state index contributed by atoms with van der Waals surface area (Å²) in [4.78, 5) is 11.9. The van der Waals surface area contributed by atoms with Gasteiger partial charge < -0.3 is 9.50 Å². The van der Waals surface area contributed by atoms with Gasteiger partial charge in [0.05, 0.1) is 4.47 Å². The van der Waals surface area contributed by atoms with E-state index in [0.29, 0.717) is 4.47 Å². The number of halogens is 1. The van der Waals surface area contributed by atoms with E-state index < -0.39 is 10.1 Å². The molecule has 7 heteroatoms. The highest BCUT2D eigenvalue weighted by atomic mass is 79.9. The van der Waals surface area contributed by atoms with Crippen LogP contribution in [0.2, 0.25) is 0 Å². The van der Waals surface area contributed by atoms with E-state index in [0.717, 1.165) is 10.8 Å². The molecule has 0 saturated carbocycles. The van der Waals surface area contributed by atoms with Gasteiger partial charge in [0.25, 0.3) is 5.91 Å². The van der Waals surface area contributed by atoms with Gasteiger partial charge in [-0.3, -0.25) is 4.79 Å². The lowest BCUT2D eigenvalue weighted by Crippen LogP contribution is -2.23. The Balaban J connectivity index is 1.92. The van der Waals surface area contributed by atoms with Crippen molar-refractivity contribution in [2.75, 3.05) is 6.54 Å². The second-order valence-electron chi connectivity index (χ2n) is 5.66. The predicted molar refractivity (Wildman–Crippen MR) is 108 cm³/mol. The van der Waals surface area contributed by atoms with Gasteiger partial charge in [-0.1, -0.05) is 42.5 Å². The van der Waals surface area contributed by atoms with E-state index in [1.807, 2.05) is 24.3 Å². The van der Waals surface area contributed by atoms with Crippen LogP contribution in [0.1, 0.15) is 10.4 Å². The Hall–Kier alpha value is -2.64. The molecular formula is C20H16BrNO4S. The molecule has 0 aromatic heterocycles. The van der Waals surface area contributed by atoms with Gasteiger partial charge in [0, 0.05) is 12.1 Å². The minimum Gasteiger partial charge on any atom is -0.378 e. The van der Waals surface area contributed by atoms with Crippen molar-refractivity contribution < 1.29 is 17.4 Å². The SMILES string of the molecule is C=CCNC(=O)c1cccc(S(=O)(=O)Oc2ccc3ccccc3c2Br)c1. The molecule has 1 N–H and O–H groups in total. The van der Waals surface area contributed by atoms with Crippen LogP contribution in [0, 0.1) is 0 Å². The maximum Gasteiger partial charge on any atom is 0.339 e. The van der Waals surface area contributed by atoms with E-state index in [1.54, 1.807) is 18.2 Å². The largest absolute Gasteiger partial charge is 0.378 e. The summed E-state index contributed by atoms with van der Waals surface area (Å²) in [5.41, 5.74) is 0.221. The predicted octanol–water partition coefficient (Wildman–Crippen LogP) is 4.29. The summed E-state index contributed by atoms with van der Waals surface area (Å²) in [6.45, 7) is 3.81. The van der Waals surface area contributed by atoms with Crippen molar-refractivity contribution >= 4 is 42.7 Å². The summed E-state index contributed by atoms with van der Waals surface area (Å²) in [5.74, 6) is -0.214. The lowest BCUT2D eigenvalue weighted by atomic mass is 10.1. The van der Waals surface area contributed by atoms with Gasteiger partial charge in [0.2, 0.25) is 0 Å². The molecule has 0 heterocycles. The Bertz CT molecular complexity index is 1130. The Labute approximate surface area is 165 Å². The highest BCUT2D eigenvalue weighted by Gasteiger charge is 2.20. The van der Waals surface area contributed by atoms with Crippen LogP contribution >= 0.6 is 15.9 Å². The second-order valence-corrected chi connectivity index (χ2v) is 8.00. The summed E-state index contributed by atoms with van der Waals surface area (Å²) in [5, 5.41) is 4.40. The molecule has 0 atom stereocenters. The zero-order chi connectivity index (χ0) is 19.4. The summed E-state index contributed by atoms with van der Waals surface area (Å²) >= 11 is 3.41. The molecule has 27 heavy (non-hydrogen) atoms. The van der Waals surface area contributed by atoms with Crippen LogP contribution in [0.15, 0.2) is 82.7 Å². The van der Waals surface area contributed by atoms with Gasteiger partial charge in [-0.2, -0.15) is 8.42 Å². The maximum absolute atomic E-state index is 12.7. The molecule has 0 aliphatic carbocycles. The molecule has 138 valence electrons. The van der Waals surface area contributed by atoms with Crippen LogP contribution in [0.4, 0.5) is 0 Å². The molecule has 0 fully saturated rings. The Morgan fingerprint density at radius 1 is 1.11 bits per heavy atom. The summed E-state index contributed by atoms with van der Waals surface area (Å²) in [7, 11) is -4.11. The van der Waals surface area contributed by atoms with Crippen molar-refractivity contribution in [1.29, 1.82) is 0 Å². The first kappa shape index (κ1) is 19.1. The first-order chi connectivity index (χ1) is 12.9. The van der Waals surface area contributed by atoms with Crippen LogP contribution in [0.5, 0.6) is 5.75 Å². The highest BCUT2D eigenvalue weighted by molar-refractivity contribution is 9.10. The Morgan fingerprint density at radius 2 is 1.89 bits per heavy atom. The topological polar surface area (TPSA) is 72.5 Å². The van der Waals surface area contributed by atoms with E-state index in [9.17, 15) is 13.2 Å². The Kier molecular flexibility index (Phi) is 5.62. The lowest BCUT2D eigenvalue weighted by molar-refractivity contribution is 0.0958. The molecule has 0 bridgehead atoms. The monoisotopic (exact) mass is 445 g/mol. The number of carbonyl (C=O) groups excluding carboxylic acids is 1. The number of hydrogen-bond donors (Lipinski definition) is 1. The van der Waals surface area contributed by atoms with Crippen LogP contribution in [0.3, 0.4) is 0 Å². The van der Waals surface area contributed by atoms with E-state index in [-0.39, 0.29) is 28.7 Å². The third kappa shape index (κ3) is 4.20. The molecular weight excluding hydrogens is 430 g/mol. The molecule has 0 aliphatic rings. The van der Waals surface area contributed by atoms with Crippen LogP contribution < -0.4 is 9.50 Å². The number of carbonyl (C=O) groups is 1. The average molecular weight is 446 g/mol. The molecule has 0 unspecified atom stereocenters. The zero-order valence-corrected chi connectivity index (χ0v) is 16.6. The van der Waals surface area contributed by atoms with Crippen molar-refractivity contribution in [2.45, 2.75) is 4.90 Å². The van der Waals surface area contributed by atoms with E-state index in [1.165, 1.54) is 24.3 Å². The average Bonchev–Trinajstić information content (AvgIpc) is 2.68. The minimum atomic E-state index is -4.11. The molecule has 3 rings (SSSR count). The van der Waals surface area contributed by atoms with Gasteiger partial charge in [-0.15, -0.1) is 6.58 Å². The number of hydrogen-bond acceptors (Lipinski definition) is 4. The first-order valence-corrected chi connectivity index (χ1v) is 10.2. The molecule has 5 nitrogen and oxygen atoms in total. The van der Waals surface area contributed by atoms with Crippen molar-refractivity contribution in [3.8, 4) is 5.75 Å². The lowest BCUT2D eigenvalue weighted by Gasteiger charge is -2.11. The molecule has 3 aromatic rings. The third-order valence-corrected chi connectivity index (χ3v) is 5.87. The first-order valence-electron chi connectivity index (χ1n) is 8.03. The van der Waals surface area contributed by atoms with E-state index in [4.69, 9.17) is 4.18 Å². The van der Waals surface area contributed by atoms with E-state index in [2.05, 4.69) is 27.8 Å². The van der Waals surface area contributed by atoms with Crippen molar-refractivity contribution in [3.63, 3.8) is 0 Å². The van der Waals surface area contributed by atoms with Crippen molar-refractivity contribution in [2.24, 2.45) is 0 Å². The summed E-state index contributed by atoms with van der Waals surface area (Å²) in [6.07, 6.45) is 1.54. The maximum atomic E-state index is 12.7. The number of amides is 1. The zero-order valence-electron chi connectivity index (χ0n) is 14.2. The van der Waals surface area contributed by atoms with Gasteiger partial charge in [0.1, 0.15) is 4.90 Å². The van der Waals surface area contributed by atoms with Crippen LogP contribution in [-0.2, 0) is 10.1 Å². The molecule has 3 aromatic carbocycles. The normalized spacial score (nSPS) is 11.1. The minimum absolute atomic E-state index is 0.103. The van der Waals surface area contributed by atoms with Crippen LogP contribution in [-0.4, -0.2) is 20.9 Å². The molecule has 0 spiro atoms. The fraction of sp³-hybridized carbons (Fsp3) is 0.0500. The number of benzene rings is 3. The Morgan fingerprint density at radius 3 is 2.67 bits per heavy atom. The van der Waals surface area contributed by atoms with Crippen molar-refractivity contribution in [1.82, 2.24) is 5.32 Å². The van der Waals surface area contributed by atoms with Gasteiger partial charge in [0.15, 0.2) is 5.75 Å². The smallest absolute Gasteiger partial charge is 0.339 e. The number of fused-ring (bicyclic) bond motifs is 1. The van der Waals surface area contributed by atoms with Crippen molar-refractivity contribution in [3.05, 3.63) is 83.4 Å². The standard InChI is InChI=1S/C20H16BrNO4S/c1-2-12-22-20(23)15-7-5-8-16(13-15)27(24,25)26-18-11-10-14-6-3-4-9-17(14)19(18)21/h2-11,13H,1,12H2,(H,22,23).